The minimum absolute atomic E-state index is 0.108. The molecule has 1 fully saturated rings. The molecule has 0 aliphatic carbocycles. The van der Waals surface area contributed by atoms with Gasteiger partial charge in [-0.15, -0.1) is 0 Å². The number of carbonyl (C=O) groups is 1. The highest BCUT2D eigenvalue weighted by atomic mass is 16.5. The number of esters is 1. The van der Waals surface area contributed by atoms with E-state index in [2.05, 4.69) is 10.2 Å². The van der Waals surface area contributed by atoms with Crippen molar-refractivity contribution in [1.82, 2.24) is 10.2 Å². The Kier molecular flexibility index (Phi) is 3.35. The molecule has 0 radical (unpaired) electrons. The third kappa shape index (κ3) is 2.30. The molecule has 0 atom stereocenters. The smallest absolute Gasteiger partial charge is 0.396 e. The average Bonchev–Trinajstić information content (AvgIpc) is 2.80. The van der Waals surface area contributed by atoms with Crippen LogP contribution in [-0.2, 0) is 9.47 Å². The lowest BCUT2D eigenvalue weighted by Crippen LogP contribution is -2.36. The van der Waals surface area contributed by atoms with Gasteiger partial charge in [0.2, 0.25) is 0 Å². The predicted octanol–water partition coefficient (Wildman–Crippen LogP) is 0.0829. The molecule has 88 valence electrons. The third-order valence-corrected chi connectivity index (χ3v) is 2.15. The highest BCUT2D eigenvalue weighted by molar-refractivity contribution is 5.84. The first-order chi connectivity index (χ1) is 7.81. The standard InChI is InChI=1S/C9H13N3O4/c1-2-15-8(13)7-10-11-9(16-7)12-3-5-14-6-4-12/h2-6H2,1H3. The zero-order chi connectivity index (χ0) is 11.4. The van der Waals surface area contributed by atoms with Crippen molar-refractivity contribution in [2.45, 2.75) is 6.92 Å². The first kappa shape index (κ1) is 10.9. The Hall–Kier alpha value is -1.63. The Morgan fingerprint density at radius 1 is 1.44 bits per heavy atom. The van der Waals surface area contributed by atoms with Crippen molar-refractivity contribution in [3.8, 4) is 0 Å². The number of rotatable bonds is 3. The summed E-state index contributed by atoms with van der Waals surface area (Å²) in [6, 6.07) is 0.339. The normalized spacial score (nSPS) is 16.2. The van der Waals surface area contributed by atoms with E-state index in [1.165, 1.54) is 0 Å². The molecule has 0 amide bonds. The zero-order valence-corrected chi connectivity index (χ0v) is 9.01. The first-order valence-corrected chi connectivity index (χ1v) is 5.14. The minimum atomic E-state index is -0.588. The number of ether oxygens (including phenoxy) is 2. The van der Waals surface area contributed by atoms with Crippen molar-refractivity contribution in [2.75, 3.05) is 37.8 Å². The van der Waals surface area contributed by atoms with Crippen LogP contribution in [0.3, 0.4) is 0 Å². The van der Waals surface area contributed by atoms with Gasteiger partial charge in [-0.05, 0) is 6.92 Å². The maximum absolute atomic E-state index is 11.3. The highest BCUT2D eigenvalue weighted by Crippen LogP contribution is 2.14. The maximum Gasteiger partial charge on any atom is 0.396 e. The molecule has 0 aromatic carbocycles. The van der Waals surface area contributed by atoms with Gasteiger partial charge >= 0.3 is 17.9 Å². The Labute approximate surface area is 92.3 Å². The molecular formula is C9H13N3O4. The van der Waals surface area contributed by atoms with Crippen LogP contribution >= 0.6 is 0 Å². The Morgan fingerprint density at radius 2 is 2.19 bits per heavy atom. The number of morpholine rings is 1. The predicted molar refractivity (Wildman–Crippen MR) is 53.3 cm³/mol. The number of anilines is 1. The molecule has 1 aromatic rings. The van der Waals surface area contributed by atoms with Crippen LogP contribution in [0.5, 0.6) is 0 Å². The number of nitrogens with zero attached hydrogens (tertiary/aromatic N) is 3. The number of hydrogen-bond acceptors (Lipinski definition) is 7. The van der Waals surface area contributed by atoms with Crippen molar-refractivity contribution in [3.05, 3.63) is 5.89 Å². The van der Waals surface area contributed by atoms with Crippen molar-refractivity contribution < 1.29 is 18.7 Å². The van der Waals surface area contributed by atoms with Crippen LogP contribution in [0.1, 0.15) is 17.6 Å². The summed E-state index contributed by atoms with van der Waals surface area (Å²) in [6.07, 6.45) is 0. The third-order valence-electron chi connectivity index (χ3n) is 2.15. The van der Waals surface area contributed by atoms with Gasteiger partial charge in [-0.2, -0.15) is 0 Å². The molecule has 0 unspecified atom stereocenters. The van der Waals surface area contributed by atoms with Gasteiger partial charge in [0, 0.05) is 13.1 Å². The quantitative estimate of drug-likeness (QED) is 0.677. The van der Waals surface area contributed by atoms with Crippen LogP contribution in [0.25, 0.3) is 0 Å². The highest BCUT2D eigenvalue weighted by Gasteiger charge is 2.21. The molecule has 0 spiro atoms. The largest absolute Gasteiger partial charge is 0.459 e. The molecule has 0 bridgehead atoms. The van der Waals surface area contributed by atoms with Crippen molar-refractivity contribution >= 4 is 12.0 Å². The lowest BCUT2D eigenvalue weighted by molar-refractivity contribution is 0.0480. The van der Waals surface area contributed by atoms with E-state index < -0.39 is 5.97 Å². The van der Waals surface area contributed by atoms with E-state index in [1.807, 2.05) is 4.90 Å². The van der Waals surface area contributed by atoms with Crippen LogP contribution in [-0.4, -0.2) is 49.1 Å². The Balaban J connectivity index is 2.03. The van der Waals surface area contributed by atoms with Gasteiger partial charge in [0.15, 0.2) is 0 Å². The van der Waals surface area contributed by atoms with E-state index in [0.717, 1.165) is 0 Å². The fraction of sp³-hybridized carbons (Fsp3) is 0.667. The molecular weight excluding hydrogens is 214 g/mol. The fourth-order valence-corrected chi connectivity index (χ4v) is 1.37. The van der Waals surface area contributed by atoms with Crippen molar-refractivity contribution in [2.24, 2.45) is 0 Å². The fourth-order valence-electron chi connectivity index (χ4n) is 1.37. The lowest BCUT2D eigenvalue weighted by atomic mass is 10.5. The van der Waals surface area contributed by atoms with Gasteiger partial charge < -0.3 is 18.8 Å². The molecule has 0 saturated carbocycles. The first-order valence-electron chi connectivity index (χ1n) is 5.14. The molecule has 1 aliphatic heterocycles. The van der Waals surface area contributed by atoms with Crippen LogP contribution in [0.2, 0.25) is 0 Å². The molecule has 16 heavy (non-hydrogen) atoms. The maximum atomic E-state index is 11.3. The average molecular weight is 227 g/mol. The SMILES string of the molecule is CCOC(=O)c1nnc(N2CCOCC2)o1. The second kappa shape index (κ2) is 4.93. The lowest BCUT2D eigenvalue weighted by Gasteiger charge is -2.24. The summed E-state index contributed by atoms with van der Waals surface area (Å²) >= 11 is 0. The summed E-state index contributed by atoms with van der Waals surface area (Å²) in [7, 11) is 0. The molecule has 1 aliphatic rings. The molecule has 7 heteroatoms. The molecule has 2 rings (SSSR count). The van der Waals surface area contributed by atoms with Crippen molar-refractivity contribution in [1.29, 1.82) is 0 Å². The topological polar surface area (TPSA) is 77.7 Å². The van der Waals surface area contributed by atoms with Crippen LogP contribution in [0.4, 0.5) is 6.01 Å². The van der Waals surface area contributed by atoms with E-state index in [4.69, 9.17) is 13.9 Å². The number of hydrogen-bond donors (Lipinski definition) is 0. The van der Waals surface area contributed by atoms with Gasteiger partial charge in [0.25, 0.3) is 0 Å². The summed E-state index contributed by atoms with van der Waals surface area (Å²) in [5, 5.41) is 7.43. The van der Waals surface area contributed by atoms with Crippen LogP contribution < -0.4 is 4.90 Å². The van der Waals surface area contributed by atoms with E-state index >= 15 is 0 Å². The monoisotopic (exact) mass is 227 g/mol. The summed E-state index contributed by atoms with van der Waals surface area (Å²) in [5.41, 5.74) is 0. The summed E-state index contributed by atoms with van der Waals surface area (Å²) in [6.45, 7) is 4.62. The van der Waals surface area contributed by atoms with Gasteiger partial charge in [-0.25, -0.2) is 4.79 Å². The van der Waals surface area contributed by atoms with Gasteiger partial charge in [0.05, 0.1) is 19.8 Å². The molecule has 1 saturated heterocycles. The van der Waals surface area contributed by atoms with Gasteiger partial charge in [-0.3, -0.25) is 0 Å². The van der Waals surface area contributed by atoms with E-state index in [1.54, 1.807) is 6.92 Å². The van der Waals surface area contributed by atoms with Crippen molar-refractivity contribution in [3.63, 3.8) is 0 Å². The molecule has 2 heterocycles. The zero-order valence-electron chi connectivity index (χ0n) is 9.01. The second-order valence-corrected chi connectivity index (χ2v) is 3.21. The summed E-state index contributed by atoms with van der Waals surface area (Å²) < 4.78 is 15.2. The minimum Gasteiger partial charge on any atom is -0.459 e. The number of aromatic nitrogens is 2. The van der Waals surface area contributed by atoms with E-state index in [0.29, 0.717) is 32.3 Å². The Morgan fingerprint density at radius 3 is 2.88 bits per heavy atom. The van der Waals surface area contributed by atoms with Crippen LogP contribution in [0.15, 0.2) is 4.42 Å². The second-order valence-electron chi connectivity index (χ2n) is 3.21. The van der Waals surface area contributed by atoms with Crippen LogP contribution in [0, 0.1) is 0 Å². The van der Waals surface area contributed by atoms with Gasteiger partial charge in [0.1, 0.15) is 0 Å². The Bertz CT molecular complexity index is 359. The van der Waals surface area contributed by atoms with Gasteiger partial charge in [-0.1, -0.05) is 10.2 Å². The number of carbonyl (C=O) groups excluding carboxylic acids is 1. The summed E-state index contributed by atoms with van der Waals surface area (Å²) in [5.74, 6) is -0.696. The molecule has 7 nitrogen and oxygen atoms in total. The molecule has 1 aromatic heterocycles. The van der Waals surface area contributed by atoms with E-state index in [-0.39, 0.29) is 12.5 Å². The summed E-state index contributed by atoms with van der Waals surface area (Å²) in [4.78, 5) is 13.2. The van der Waals surface area contributed by atoms with E-state index in [9.17, 15) is 4.79 Å². The molecule has 0 N–H and O–H groups in total.